The van der Waals surface area contributed by atoms with Gasteiger partial charge < -0.3 is 4.90 Å². The zero-order chi connectivity index (χ0) is 39.4. The van der Waals surface area contributed by atoms with Crippen LogP contribution in [0.1, 0.15) is 0 Å². The van der Waals surface area contributed by atoms with E-state index in [1.165, 1.54) is 77.5 Å². The molecular formula is C58H41N. The lowest BCUT2D eigenvalue weighted by Crippen LogP contribution is -2.09. The minimum atomic E-state index is 1.10. The molecule has 0 heterocycles. The molecule has 0 spiro atoms. The Morgan fingerprint density at radius 2 is 0.508 bits per heavy atom. The predicted molar refractivity (Wildman–Crippen MR) is 251 cm³/mol. The summed E-state index contributed by atoms with van der Waals surface area (Å²) in [6.45, 7) is 0. The Labute approximate surface area is 346 Å². The van der Waals surface area contributed by atoms with Crippen LogP contribution in [0.25, 0.3) is 77.5 Å². The van der Waals surface area contributed by atoms with Crippen molar-refractivity contribution in [3.63, 3.8) is 0 Å². The lowest BCUT2D eigenvalue weighted by atomic mass is 9.91. The van der Waals surface area contributed by atoms with Gasteiger partial charge in [0.25, 0.3) is 0 Å². The first-order valence-corrected chi connectivity index (χ1v) is 20.2. The number of fused-ring (bicyclic) bond motifs is 1. The maximum Gasteiger partial charge on any atom is 0.0462 e. The van der Waals surface area contributed by atoms with Crippen molar-refractivity contribution in [2.24, 2.45) is 0 Å². The molecule has 0 atom stereocenters. The highest BCUT2D eigenvalue weighted by atomic mass is 15.1. The Bertz CT molecular complexity index is 2970. The van der Waals surface area contributed by atoms with Gasteiger partial charge in [0.1, 0.15) is 0 Å². The van der Waals surface area contributed by atoms with Crippen LogP contribution >= 0.6 is 0 Å². The molecule has 10 aromatic rings. The largest absolute Gasteiger partial charge is 0.311 e. The van der Waals surface area contributed by atoms with Crippen molar-refractivity contribution in [3.8, 4) is 66.8 Å². The van der Waals surface area contributed by atoms with E-state index < -0.39 is 0 Å². The fourth-order valence-electron chi connectivity index (χ4n) is 8.16. The molecule has 278 valence electrons. The molecule has 0 aliphatic rings. The summed E-state index contributed by atoms with van der Waals surface area (Å²) in [4.78, 5) is 2.35. The number of nitrogens with zero attached hydrogens (tertiary/aromatic N) is 1. The molecular weight excluding hydrogens is 711 g/mol. The van der Waals surface area contributed by atoms with Crippen molar-refractivity contribution in [2.75, 3.05) is 4.90 Å². The van der Waals surface area contributed by atoms with Gasteiger partial charge in [-0.05, 0) is 126 Å². The summed E-state index contributed by atoms with van der Waals surface area (Å²) in [6, 6.07) is 89.7. The summed E-state index contributed by atoms with van der Waals surface area (Å²) >= 11 is 0. The van der Waals surface area contributed by atoms with Crippen LogP contribution in [0, 0.1) is 0 Å². The number of anilines is 3. The van der Waals surface area contributed by atoms with Crippen molar-refractivity contribution >= 4 is 27.8 Å². The lowest BCUT2D eigenvalue weighted by Gasteiger charge is -2.26. The standard InChI is InChI=1S/C58H41N/c1-4-12-42(13-5-1)45-26-33-54(34-27-45)59(55-35-28-46(29-36-55)44-20-22-47(23-21-44)52-25-24-43-14-10-11-19-51(43)40-52)56-37-30-48(31-38-56)53-32-39-57(49-15-6-2-7-16-49)58(41-53)50-17-8-3-9-18-50/h1-41H. The second-order valence-corrected chi connectivity index (χ2v) is 15.0. The van der Waals surface area contributed by atoms with Crippen molar-refractivity contribution in [2.45, 2.75) is 0 Å². The van der Waals surface area contributed by atoms with Crippen LogP contribution in [0.3, 0.4) is 0 Å². The minimum absolute atomic E-state index is 1.10. The fraction of sp³-hybridized carbons (Fsp3) is 0. The Kier molecular flexibility index (Phi) is 9.68. The maximum absolute atomic E-state index is 2.35. The normalized spacial score (nSPS) is 11.1. The fourth-order valence-corrected chi connectivity index (χ4v) is 8.16. The smallest absolute Gasteiger partial charge is 0.0462 e. The van der Waals surface area contributed by atoms with E-state index in [1.807, 2.05) is 0 Å². The molecule has 10 rings (SSSR count). The zero-order valence-corrected chi connectivity index (χ0v) is 32.6. The van der Waals surface area contributed by atoms with E-state index in [2.05, 4.69) is 254 Å². The minimum Gasteiger partial charge on any atom is -0.311 e. The van der Waals surface area contributed by atoms with E-state index in [-0.39, 0.29) is 0 Å². The molecule has 1 nitrogen and oxygen atoms in total. The average molecular weight is 752 g/mol. The number of hydrogen-bond acceptors (Lipinski definition) is 1. The third kappa shape index (κ3) is 7.46. The Hall–Kier alpha value is -7.74. The van der Waals surface area contributed by atoms with Gasteiger partial charge in [0, 0.05) is 17.1 Å². The molecule has 0 bridgehead atoms. The predicted octanol–water partition coefficient (Wildman–Crippen LogP) is 16.3. The quantitative estimate of drug-likeness (QED) is 0.142. The monoisotopic (exact) mass is 751 g/mol. The van der Waals surface area contributed by atoms with Gasteiger partial charge in [-0.3, -0.25) is 0 Å². The SMILES string of the molecule is c1ccc(-c2ccc(N(c3ccc(-c4ccc(-c5ccc6ccccc6c5)cc4)cc3)c3ccc(-c4ccc(-c5ccccc5)c(-c5ccccc5)c4)cc3)cc2)cc1. The van der Waals surface area contributed by atoms with Crippen LogP contribution in [0.5, 0.6) is 0 Å². The molecule has 0 amide bonds. The Balaban J connectivity index is 0.978. The maximum atomic E-state index is 2.35. The Morgan fingerprint density at radius 3 is 1.00 bits per heavy atom. The van der Waals surface area contributed by atoms with Crippen molar-refractivity contribution < 1.29 is 0 Å². The highest BCUT2D eigenvalue weighted by molar-refractivity contribution is 5.89. The summed E-state index contributed by atoms with van der Waals surface area (Å²) in [7, 11) is 0. The summed E-state index contributed by atoms with van der Waals surface area (Å²) < 4.78 is 0. The van der Waals surface area contributed by atoms with Gasteiger partial charge in [-0.1, -0.05) is 200 Å². The van der Waals surface area contributed by atoms with Gasteiger partial charge in [-0.15, -0.1) is 0 Å². The molecule has 0 aliphatic heterocycles. The van der Waals surface area contributed by atoms with E-state index in [0.717, 1.165) is 17.1 Å². The third-order valence-corrected chi connectivity index (χ3v) is 11.3. The molecule has 0 radical (unpaired) electrons. The number of rotatable bonds is 9. The molecule has 0 unspecified atom stereocenters. The van der Waals surface area contributed by atoms with Crippen LogP contribution < -0.4 is 4.90 Å². The van der Waals surface area contributed by atoms with Crippen LogP contribution in [0.4, 0.5) is 17.1 Å². The first-order valence-electron chi connectivity index (χ1n) is 20.2. The number of hydrogen-bond donors (Lipinski definition) is 0. The van der Waals surface area contributed by atoms with Crippen molar-refractivity contribution in [3.05, 3.63) is 249 Å². The molecule has 0 fully saturated rings. The second kappa shape index (κ2) is 16.0. The average Bonchev–Trinajstić information content (AvgIpc) is 3.33. The summed E-state index contributed by atoms with van der Waals surface area (Å²) in [5.74, 6) is 0. The molecule has 0 aliphatic carbocycles. The van der Waals surface area contributed by atoms with Gasteiger partial charge in [0.2, 0.25) is 0 Å². The van der Waals surface area contributed by atoms with Crippen LogP contribution in [0.2, 0.25) is 0 Å². The topological polar surface area (TPSA) is 3.24 Å². The third-order valence-electron chi connectivity index (χ3n) is 11.3. The second-order valence-electron chi connectivity index (χ2n) is 15.0. The molecule has 10 aromatic carbocycles. The van der Waals surface area contributed by atoms with E-state index in [0.29, 0.717) is 0 Å². The molecule has 0 saturated carbocycles. The molecule has 0 aromatic heterocycles. The van der Waals surface area contributed by atoms with Crippen LogP contribution in [0.15, 0.2) is 249 Å². The molecule has 0 N–H and O–H groups in total. The highest BCUT2D eigenvalue weighted by Gasteiger charge is 2.15. The van der Waals surface area contributed by atoms with Crippen LogP contribution in [-0.2, 0) is 0 Å². The molecule has 0 saturated heterocycles. The molecule has 1 heteroatoms. The zero-order valence-electron chi connectivity index (χ0n) is 32.6. The van der Waals surface area contributed by atoms with E-state index in [4.69, 9.17) is 0 Å². The van der Waals surface area contributed by atoms with Gasteiger partial charge in [0.15, 0.2) is 0 Å². The number of benzene rings is 10. The Morgan fingerprint density at radius 1 is 0.186 bits per heavy atom. The summed E-state index contributed by atoms with van der Waals surface area (Å²) in [5.41, 5.74) is 17.7. The van der Waals surface area contributed by atoms with Gasteiger partial charge >= 0.3 is 0 Å². The van der Waals surface area contributed by atoms with Crippen molar-refractivity contribution in [1.82, 2.24) is 0 Å². The van der Waals surface area contributed by atoms with Crippen molar-refractivity contribution in [1.29, 1.82) is 0 Å². The first-order chi connectivity index (χ1) is 29.2. The summed E-state index contributed by atoms with van der Waals surface area (Å²) in [6.07, 6.45) is 0. The van der Waals surface area contributed by atoms with E-state index in [9.17, 15) is 0 Å². The lowest BCUT2D eigenvalue weighted by molar-refractivity contribution is 1.28. The molecule has 59 heavy (non-hydrogen) atoms. The van der Waals surface area contributed by atoms with Gasteiger partial charge in [0.05, 0.1) is 0 Å². The van der Waals surface area contributed by atoms with Gasteiger partial charge in [-0.25, -0.2) is 0 Å². The van der Waals surface area contributed by atoms with Gasteiger partial charge in [-0.2, -0.15) is 0 Å². The van der Waals surface area contributed by atoms with E-state index in [1.54, 1.807) is 0 Å². The van der Waals surface area contributed by atoms with Crippen LogP contribution in [-0.4, -0.2) is 0 Å². The first kappa shape index (κ1) is 35.7. The summed E-state index contributed by atoms with van der Waals surface area (Å²) in [5, 5.41) is 2.52. The highest BCUT2D eigenvalue weighted by Crippen LogP contribution is 2.40. The van der Waals surface area contributed by atoms with E-state index >= 15 is 0 Å².